The number of rotatable bonds is 1. The summed E-state index contributed by atoms with van der Waals surface area (Å²) in [6.45, 7) is 8.62. The van der Waals surface area contributed by atoms with E-state index in [1.807, 2.05) is 0 Å². The predicted octanol–water partition coefficient (Wildman–Crippen LogP) is 3.00. The lowest BCUT2D eigenvalue weighted by atomic mass is 9.96. The van der Waals surface area contributed by atoms with Crippen LogP contribution in [0.15, 0.2) is 12.2 Å². The van der Waals surface area contributed by atoms with Crippen LogP contribution in [0.3, 0.4) is 0 Å². The van der Waals surface area contributed by atoms with Gasteiger partial charge in [0.05, 0.1) is 0 Å². The molecule has 52 valence electrons. The van der Waals surface area contributed by atoms with Gasteiger partial charge in [-0.05, 0) is 24.7 Å². The third kappa shape index (κ3) is 1.35. The molecule has 0 aromatic rings. The van der Waals surface area contributed by atoms with Crippen LogP contribution in [0.1, 0.15) is 33.1 Å². The maximum Gasteiger partial charge on any atom is -0.0292 e. The highest BCUT2D eigenvalue weighted by atomic mass is 14.3. The Morgan fingerprint density at radius 3 is 2.44 bits per heavy atom. The standard InChI is InChI=1S/C9H16/c1-4-9-6-7(2)5-8(9)3/h8-9H,2,4-6H2,1,3H3. The molecule has 0 heteroatoms. The van der Waals surface area contributed by atoms with Crippen LogP contribution in [0.25, 0.3) is 0 Å². The zero-order chi connectivity index (χ0) is 6.85. The summed E-state index contributed by atoms with van der Waals surface area (Å²) in [6.07, 6.45) is 3.90. The number of allylic oxidation sites excluding steroid dienone is 1. The molecule has 1 aliphatic rings. The van der Waals surface area contributed by atoms with Crippen LogP contribution in [-0.4, -0.2) is 0 Å². The Hall–Kier alpha value is -0.260. The second kappa shape index (κ2) is 2.55. The molecule has 0 amide bonds. The van der Waals surface area contributed by atoms with E-state index < -0.39 is 0 Å². The van der Waals surface area contributed by atoms with E-state index in [0.717, 1.165) is 11.8 Å². The summed E-state index contributed by atoms with van der Waals surface area (Å²) in [5.41, 5.74) is 1.47. The Bertz CT molecular complexity index is 113. The molecule has 1 aliphatic carbocycles. The van der Waals surface area contributed by atoms with Crippen molar-refractivity contribution in [3.8, 4) is 0 Å². The largest absolute Gasteiger partial charge is 0.0998 e. The molecule has 0 saturated heterocycles. The lowest BCUT2D eigenvalue weighted by molar-refractivity contribution is 0.407. The Morgan fingerprint density at radius 1 is 1.56 bits per heavy atom. The van der Waals surface area contributed by atoms with Gasteiger partial charge < -0.3 is 0 Å². The van der Waals surface area contributed by atoms with Gasteiger partial charge in [-0.2, -0.15) is 0 Å². The van der Waals surface area contributed by atoms with Gasteiger partial charge in [0.1, 0.15) is 0 Å². The predicted molar refractivity (Wildman–Crippen MR) is 41.3 cm³/mol. The third-order valence-corrected chi connectivity index (χ3v) is 2.49. The Morgan fingerprint density at radius 2 is 2.22 bits per heavy atom. The van der Waals surface area contributed by atoms with E-state index in [4.69, 9.17) is 0 Å². The molecule has 1 rings (SSSR count). The minimum atomic E-state index is 0.905. The first-order valence-electron chi connectivity index (χ1n) is 3.90. The topological polar surface area (TPSA) is 0 Å². The summed E-state index contributed by atoms with van der Waals surface area (Å²) >= 11 is 0. The van der Waals surface area contributed by atoms with Crippen molar-refractivity contribution in [1.29, 1.82) is 0 Å². The van der Waals surface area contributed by atoms with Crippen LogP contribution < -0.4 is 0 Å². The van der Waals surface area contributed by atoms with E-state index in [-0.39, 0.29) is 0 Å². The summed E-state index contributed by atoms with van der Waals surface area (Å²) < 4.78 is 0. The molecule has 1 saturated carbocycles. The zero-order valence-electron chi connectivity index (χ0n) is 6.48. The van der Waals surface area contributed by atoms with E-state index in [2.05, 4.69) is 20.4 Å². The van der Waals surface area contributed by atoms with Crippen molar-refractivity contribution in [1.82, 2.24) is 0 Å². The molecule has 0 heterocycles. The van der Waals surface area contributed by atoms with Crippen LogP contribution in [-0.2, 0) is 0 Å². The second-order valence-electron chi connectivity index (χ2n) is 3.30. The maximum atomic E-state index is 4.00. The quantitative estimate of drug-likeness (QED) is 0.471. The van der Waals surface area contributed by atoms with Gasteiger partial charge in [0.15, 0.2) is 0 Å². The van der Waals surface area contributed by atoms with Crippen molar-refractivity contribution in [3.63, 3.8) is 0 Å². The first-order chi connectivity index (χ1) is 4.24. The fourth-order valence-electron chi connectivity index (χ4n) is 1.82. The van der Waals surface area contributed by atoms with Crippen LogP contribution in [0.4, 0.5) is 0 Å². The zero-order valence-corrected chi connectivity index (χ0v) is 6.48. The van der Waals surface area contributed by atoms with Gasteiger partial charge in [0.25, 0.3) is 0 Å². The summed E-state index contributed by atoms with van der Waals surface area (Å²) in [4.78, 5) is 0. The van der Waals surface area contributed by atoms with E-state index in [9.17, 15) is 0 Å². The lowest BCUT2D eigenvalue weighted by Crippen LogP contribution is -2.00. The second-order valence-corrected chi connectivity index (χ2v) is 3.30. The summed E-state index contributed by atoms with van der Waals surface area (Å²) in [5.74, 6) is 1.85. The minimum absolute atomic E-state index is 0.905. The molecule has 0 aromatic heterocycles. The van der Waals surface area contributed by atoms with Crippen LogP contribution >= 0.6 is 0 Å². The highest BCUT2D eigenvalue weighted by Gasteiger charge is 2.23. The molecule has 0 spiro atoms. The van der Waals surface area contributed by atoms with Crippen LogP contribution in [0.5, 0.6) is 0 Å². The normalized spacial score (nSPS) is 35.6. The molecule has 0 aromatic carbocycles. The highest BCUT2D eigenvalue weighted by molar-refractivity contribution is 5.04. The SMILES string of the molecule is C=C1CC(C)C(CC)C1. The first-order valence-corrected chi connectivity index (χ1v) is 3.90. The minimum Gasteiger partial charge on any atom is -0.0998 e. The smallest absolute Gasteiger partial charge is 0.0292 e. The Balaban J connectivity index is 2.47. The van der Waals surface area contributed by atoms with E-state index in [1.165, 1.54) is 24.8 Å². The van der Waals surface area contributed by atoms with Gasteiger partial charge in [-0.3, -0.25) is 0 Å². The molecule has 0 nitrogen and oxygen atoms in total. The van der Waals surface area contributed by atoms with Crippen molar-refractivity contribution >= 4 is 0 Å². The third-order valence-electron chi connectivity index (χ3n) is 2.49. The molecule has 2 unspecified atom stereocenters. The lowest BCUT2D eigenvalue weighted by Gasteiger charge is -2.09. The Kier molecular flexibility index (Phi) is 1.94. The molecule has 0 aliphatic heterocycles. The number of hydrogen-bond donors (Lipinski definition) is 0. The fourth-order valence-corrected chi connectivity index (χ4v) is 1.82. The van der Waals surface area contributed by atoms with E-state index in [0.29, 0.717) is 0 Å². The van der Waals surface area contributed by atoms with Crippen LogP contribution in [0, 0.1) is 11.8 Å². The van der Waals surface area contributed by atoms with Crippen molar-refractivity contribution in [2.45, 2.75) is 33.1 Å². The highest BCUT2D eigenvalue weighted by Crippen LogP contribution is 2.36. The van der Waals surface area contributed by atoms with Crippen molar-refractivity contribution < 1.29 is 0 Å². The molecule has 0 N–H and O–H groups in total. The molecular formula is C9H16. The fraction of sp³-hybridized carbons (Fsp3) is 0.778. The molecule has 1 fully saturated rings. The molecule has 2 atom stereocenters. The average molecular weight is 124 g/mol. The first kappa shape index (κ1) is 6.85. The van der Waals surface area contributed by atoms with Gasteiger partial charge in [-0.15, -0.1) is 0 Å². The van der Waals surface area contributed by atoms with Crippen LogP contribution in [0.2, 0.25) is 0 Å². The van der Waals surface area contributed by atoms with Crippen molar-refractivity contribution in [3.05, 3.63) is 12.2 Å². The number of hydrogen-bond acceptors (Lipinski definition) is 0. The van der Waals surface area contributed by atoms with Crippen molar-refractivity contribution in [2.24, 2.45) is 11.8 Å². The van der Waals surface area contributed by atoms with Gasteiger partial charge in [-0.1, -0.05) is 32.4 Å². The monoisotopic (exact) mass is 124 g/mol. The molecule has 0 radical (unpaired) electrons. The van der Waals surface area contributed by atoms with E-state index in [1.54, 1.807) is 0 Å². The summed E-state index contributed by atoms with van der Waals surface area (Å²) in [6, 6.07) is 0. The van der Waals surface area contributed by atoms with E-state index >= 15 is 0 Å². The van der Waals surface area contributed by atoms with Gasteiger partial charge >= 0.3 is 0 Å². The maximum absolute atomic E-state index is 4.00. The molecule has 9 heavy (non-hydrogen) atoms. The van der Waals surface area contributed by atoms with Crippen molar-refractivity contribution in [2.75, 3.05) is 0 Å². The summed E-state index contributed by atoms with van der Waals surface area (Å²) in [5, 5.41) is 0. The summed E-state index contributed by atoms with van der Waals surface area (Å²) in [7, 11) is 0. The van der Waals surface area contributed by atoms with Gasteiger partial charge in [0.2, 0.25) is 0 Å². The van der Waals surface area contributed by atoms with Gasteiger partial charge in [-0.25, -0.2) is 0 Å². The van der Waals surface area contributed by atoms with Gasteiger partial charge in [0, 0.05) is 0 Å². The molecular weight excluding hydrogens is 108 g/mol. The average Bonchev–Trinajstić information content (AvgIpc) is 2.10. The Labute approximate surface area is 58.0 Å². The molecule has 0 bridgehead atoms.